The quantitative estimate of drug-likeness (QED) is 0.446. The molecular formula is C23H21ClN4S. The first-order valence-corrected chi connectivity index (χ1v) is 11.0. The van der Waals surface area contributed by atoms with Gasteiger partial charge in [0.15, 0.2) is 5.82 Å². The van der Waals surface area contributed by atoms with Gasteiger partial charge in [0.1, 0.15) is 5.82 Å². The summed E-state index contributed by atoms with van der Waals surface area (Å²) in [6, 6.07) is 20.8. The fraction of sp³-hybridized carbons (Fsp3) is 0.217. The molecule has 0 radical (unpaired) electrons. The van der Waals surface area contributed by atoms with E-state index in [1.54, 1.807) is 11.3 Å². The molecular weight excluding hydrogens is 400 g/mol. The van der Waals surface area contributed by atoms with E-state index >= 15 is 0 Å². The van der Waals surface area contributed by atoms with Crippen LogP contribution in [0.15, 0.2) is 66.0 Å². The Hall–Kier alpha value is -2.47. The lowest BCUT2D eigenvalue weighted by atomic mass is 10.2. The van der Waals surface area contributed by atoms with Crippen molar-refractivity contribution in [1.82, 2.24) is 14.9 Å². The van der Waals surface area contributed by atoms with Crippen LogP contribution in [-0.2, 0) is 6.54 Å². The van der Waals surface area contributed by atoms with E-state index in [0.717, 1.165) is 54.3 Å². The number of hydrogen-bond donors (Lipinski definition) is 0. The first-order chi connectivity index (χ1) is 14.3. The molecule has 0 atom stereocenters. The lowest BCUT2D eigenvalue weighted by Gasteiger charge is -2.36. The van der Waals surface area contributed by atoms with Gasteiger partial charge in [-0.05, 0) is 29.1 Å². The fourth-order valence-electron chi connectivity index (χ4n) is 3.82. The molecule has 29 heavy (non-hydrogen) atoms. The van der Waals surface area contributed by atoms with Crippen LogP contribution in [0.4, 0.5) is 5.82 Å². The molecule has 0 spiro atoms. The molecule has 0 bridgehead atoms. The zero-order valence-corrected chi connectivity index (χ0v) is 17.5. The molecule has 5 rings (SSSR count). The fourth-order valence-corrected chi connectivity index (χ4v) is 4.89. The SMILES string of the molecule is Clc1ccsc1-c1nc(N2CCN(Cc3ccccc3)CC2)c2ccccc2n1. The van der Waals surface area contributed by atoms with Gasteiger partial charge in [-0.15, -0.1) is 11.3 Å². The molecule has 4 aromatic rings. The molecule has 1 aliphatic rings. The van der Waals surface area contributed by atoms with Crippen LogP contribution in [0.3, 0.4) is 0 Å². The Morgan fingerprint density at radius 2 is 1.62 bits per heavy atom. The molecule has 146 valence electrons. The maximum atomic E-state index is 6.37. The summed E-state index contributed by atoms with van der Waals surface area (Å²) in [5, 5.41) is 3.79. The van der Waals surface area contributed by atoms with Crippen LogP contribution in [0.1, 0.15) is 5.56 Å². The Kier molecular flexibility index (Phi) is 5.19. The van der Waals surface area contributed by atoms with Gasteiger partial charge in [0, 0.05) is 38.1 Å². The van der Waals surface area contributed by atoms with Crippen molar-refractivity contribution in [2.75, 3.05) is 31.1 Å². The molecule has 6 heteroatoms. The summed E-state index contributed by atoms with van der Waals surface area (Å²) in [5.74, 6) is 1.72. The van der Waals surface area contributed by atoms with E-state index in [-0.39, 0.29) is 0 Å². The Labute approximate surface area is 179 Å². The molecule has 0 N–H and O–H groups in total. The van der Waals surface area contributed by atoms with Gasteiger partial charge in [-0.3, -0.25) is 4.90 Å². The molecule has 0 aliphatic carbocycles. The number of para-hydroxylation sites is 1. The molecule has 1 saturated heterocycles. The second-order valence-electron chi connectivity index (χ2n) is 7.23. The lowest BCUT2D eigenvalue weighted by Crippen LogP contribution is -2.46. The third kappa shape index (κ3) is 3.86. The summed E-state index contributed by atoms with van der Waals surface area (Å²) in [5.41, 5.74) is 2.33. The van der Waals surface area contributed by atoms with E-state index in [1.807, 2.05) is 17.5 Å². The zero-order valence-electron chi connectivity index (χ0n) is 16.0. The van der Waals surface area contributed by atoms with Crippen molar-refractivity contribution >= 4 is 39.7 Å². The number of benzene rings is 2. The van der Waals surface area contributed by atoms with Gasteiger partial charge in [0.2, 0.25) is 0 Å². The average molecular weight is 421 g/mol. The highest BCUT2D eigenvalue weighted by molar-refractivity contribution is 7.14. The molecule has 0 saturated carbocycles. The van der Waals surface area contributed by atoms with Crippen molar-refractivity contribution in [3.05, 3.63) is 76.6 Å². The number of aromatic nitrogens is 2. The van der Waals surface area contributed by atoms with Gasteiger partial charge in [0.05, 0.1) is 15.4 Å². The largest absolute Gasteiger partial charge is 0.353 e. The highest BCUT2D eigenvalue weighted by Gasteiger charge is 2.22. The smallest absolute Gasteiger partial charge is 0.173 e. The third-order valence-corrected chi connectivity index (χ3v) is 6.66. The summed E-state index contributed by atoms with van der Waals surface area (Å²) in [7, 11) is 0. The number of rotatable bonds is 4. The van der Waals surface area contributed by atoms with Crippen LogP contribution in [0.25, 0.3) is 21.6 Å². The zero-order chi connectivity index (χ0) is 19.6. The van der Waals surface area contributed by atoms with Crippen LogP contribution in [0.5, 0.6) is 0 Å². The highest BCUT2D eigenvalue weighted by Crippen LogP contribution is 2.34. The van der Waals surface area contributed by atoms with Crippen LogP contribution in [-0.4, -0.2) is 41.0 Å². The number of anilines is 1. The summed E-state index contributed by atoms with van der Waals surface area (Å²) in [6.45, 7) is 4.93. The first kappa shape index (κ1) is 18.6. The Bertz CT molecular complexity index is 1120. The second-order valence-corrected chi connectivity index (χ2v) is 8.56. The minimum absolute atomic E-state index is 0.712. The Balaban J connectivity index is 1.42. The maximum Gasteiger partial charge on any atom is 0.173 e. The predicted octanol–water partition coefficient (Wildman–Crippen LogP) is 5.33. The predicted molar refractivity (Wildman–Crippen MR) is 122 cm³/mol. The first-order valence-electron chi connectivity index (χ1n) is 9.79. The lowest BCUT2D eigenvalue weighted by molar-refractivity contribution is 0.249. The summed E-state index contributed by atoms with van der Waals surface area (Å²) in [6.07, 6.45) is 0. The van der Waals surface area contributed by atoms with E-state index in [2.05, 4.69) is 58.3 Å². The van der Waals surface area contributed by atoms with Crippen molar-refractivity contribution in [2.24, 2.45) is 0 Å². The van der Waals surface area contributed by atoms with Crippen LogP contribution in [0.2, 0.25) is 5.02 Å². The standard InChI is InChI=1S/C23H21ClN4S/c24-19-10-15-29-21(19)22-25-20-9-5-4-8-18(20)23(26-22)28-13-11-27(12-14-28)16-17-6-2-1-3-7-17/h1-10,15H,11-14,16H2. The van der Waals surface area contributed by atoms with E-state index < -0.39 is 0 Å². The van der Waals surface area contributed by atoms with Crippen LogP contribution < -0.4 is 4.90 Å². The van der Waals surface area contributed by atoms with Crippen LogP contribution in [0, 0.1) is 0 Å². The van der Waals surface area contributed by atoms with E-state index in [4.69, 9.17) is 21.6 Å². The van der Waals surface area contributed by atoms with Crippen molar-refractivity contribution in [2.45, 2.75) is 6.54 Å². The molecule has 3 heterocycles. The summed E-state index contributed by atoms with van der Waals surface area (Å²) < 4.78 is 0. The third-order valence-electron chi connectivity index (χ3n) is 5.32. The maximum absolute atomic E-state index is 6.37. The number of piperazine rings is 1. The number of fused-ring (bicyclic) bond motifs is 1. The molecule has 4 nitrogen and oxygen atoms in total. The van der Waals surface area contributed by atoms with Crippen molar-refractivity contribution < 1.29 is 0 Å². The van der Waals surface area contributed by atoms with Crippen LogP contribution >= 0.6 is 22.9 Å². The minimum atomic E-state index is 0.712. The average Bonchev–Trinajstić information content (AvgIpc) is 3.20. The van der Waals surface area contributed by atoms with Gasteiger partial charge in [-0.1, -0.05) is 54.1 Å². The Morgan fingerprint density at radius 3 is 2.38 bits per heavy atom. The van der Waals surface area contributed by atoms with Crippen molar-refractivity contribution in [3.8, 4) is 10.7 Å². The van der Waals surface area contributed by atoms with E-state index in [9.17, 15) is 0 Å². The van der Waals surface area contributed by atoms with Gasteiger partial charge in [-0.2, -0.15) is 0 Å². The number of hydrogen-bond acceptors (Lipinski definition) is 5. The monoisotopic (exact) mass is 420 g/mol. The molecule has 0 amide bonds. The number of halogens is 1. The minimum Gasteiger partial charge on any atom is -0.353 e. The molecule has 2 aromatic heterocycles. The number of thiophene rings is 1. The molecule has 1 fully saturated rings. The Morgan fingerprint density at radius 1 is 0.862 bits per heavy atom. The van der Waals surface area contributed by atoms with Gasteiger partial charge in [0.25, 0.3) is 0 Å². The second kappa shape index (κ2) is 8.11. The van der Waals surface area contributed by atoms with Crippen molar-refractivity contribution in [1.29, 1.82) is 0 Å². The van der Waals surface area contributed by atoms with Gasteiger partial charge < -0.3 is 4.90 Å². The molecule has 0 unspecified atom stereocenters. The topological polar surface area (TPSA) is 32.3 Å². The van der Waals surface area contributed by atoms with E-state index in [1.165, 1.54) is 5.56 Å². The molecule has 1 aliphatic heterocycles. The van der Waals surface area contributed by atoms with Gasteiger partial charge in [-0.25, -0.2) is 9.97 Å². The summed E-state index contributed by atoms with van der Waals surface area (Å²) in [4.78, 5) is 15.6. The normalized spacial score (nSPS) is 15.1. The number of nitrogens with zero attached hydrogens (tertiary/aromatic N) is 4. The summed E-state index contributed by atoms with van der Waals surface area (Å²) >= 11 is 7.95. The molecule has 2 aromatic carbocycles. The van der Waals surface area contributed by atoms with Gasteiger partial charge >= 0.3 is 0 Å². The van der Waals surface area contributed by atoms with Crippen molar-refractivity contribution in [3.63, 3.8) is 0 Å². The van der Waals surface area contributed by atoms with E-state index in [0.29, 0.717) is 10.8 Å². The highest BCUT2D eigenvalue weighted by atomic mass is 35.5.